The van der Waals surface area contributed by atoms with E-state index in [-0.39, 0.29) is 11.5 Å². The van der Waals surface area contributed by atoms with Crippen LogP contribution in [0.15, 0.2) is 28.2 Å². The Bertz CT molecular complexity index is 626. The first-order valence-electron chi connectivity index (χ1n) is 5.83. The lowest BCUT2D eigenvalue weighted by Crippen LogP contribution is -2.17. The molecule has 1 aromatic carbocycles. The first-order valence-corrected chi connectivity index (χ1v) is 7.20. The lowest BCUT2D eigenvalue weighted by atomic mass is 10.2. The molecule has 1 heterocycles. The van der Waals surface area contributed by atoms with Crippen LogP contribution in [0, 0.1) is 5.82 Å². The van der Waals surface area contributed by atoms with Crippen LogP contribution in [0.5, 0.6) is 0 Å². The van der Waals surface area contributed by atoms with Crippen molar-refractivity contribution in [2.24, 2.45) is 0 Å². The highest BCUT2D eigenvalue weighted by Crippen LogP contribution is 2.25. The summed E-state index contributed by atoms with van der Waals surface area (Å²) < 4.78 is 14.5. The fraction of sp³-hybridized carbons (Fsp3) is 0.333. The molecule has 0 atom stereocenters. The van der Waals surface area contributed by atoms with Gasteiger partial charge in [-0.1, -0.05) is 36.4 Å². The van der Waals surface area contributed by atoms with E-state index < -0.39 is 0 Å². The SMILES string of the molecule is CCCn1c(SCc2ccc(F)cc2Cl)n[nH]c1=O. The van der Waals surface area contributed by atoms with Crippen molar-refractivity contribution < 1.29 is 4.39 Å². The standard InChI is InChI=1S/C12H13ClFN3OS/c1-2-5-17-11(18)15-16-12(17)19-7-8-3-4-9(14)6-10(8)13/h3-4,6H,2,5,7H2,1H3,(H,15,18). The van der Waals surface area contributed by atoms with Gasteiger partial charge in [0.2, 0.25) is 0 Å². The summed E-state index contributed by atoms with van der Waals surface area (Å²) in [4.78, 5) is 11.5. The van der Waals surface area contributed by atoms with Crippen LogP contribution in [-0.2, 0) is 12.3 Å². The van der Waals surface area contributed by atoms with Gasteiger partial charge in [-0.3, -0.25) is 4.57 Å². The maximum atomic E-state index is 12.9. The molecule has 102 valence electrons. The molecule has 1 aromatic heterocycles. The lowest BCUT2D eigenvalue weighted by Gasteiger charge is -2.05. The van der Waals surface area contributed by atoms with Crippen LogP contribution in [0.2, 0.25) is 5.02 Å². The third kappa shape index (κ3) is 3.39. The van der Waals surface area contributed by atoms with Crippen LogP contribution < -0.4 is 5.69 Å². The molecule has 0 saturated carbocycles. The fourth-order valence-corrected chi connectivity index (χ4v) is 2.91. The molecule has 0 saturated heterocycles. The summed E-state index contributed by atoms with van der Waals surface area (Å²) >= 11 is 7.35. The van der Waals surface area contributed by atoms with Crippen molar-refractivity contribution >= 4 is 23.4 Å². The molecule has 0 fully saturated rings. The van der Waals surface area contributed by atoms with Crippen molar-refractivity contribution in [1.82, 2.24) is 14.8 Å². The molecule has 19 heavy (non-hydrogen) atoms. The first kappa shape index (κ1) is 14.1. The van der Waals surface area contributed by atoms with E-state index in [2.05, 4.69) is 10.2 Å². The summed E-state index contributed by atoms with van der Waals surface area (Å²) in [6.45, 7) is 2.61. The zero-order valence-corrected chi connectivity index (χ0v) is 11.9. The number of halogens is 2. The minimum absolute atomic E-state index is 0.213. The molecule has 0 spiro atoms. The van der Waals surface area contributed by atoms with Crippen molar-refractivity contribution in [3.8, 4) is 0 Å². The van der Waals surface area contributed by atoms with Gasteiger partial charge >= 0.3 is 5.69 Å². The monoisotopic (exact) mass is 301 g/mol. The van der Waals surface area contributed by atoms with Gasteiger partial charge in [-0.15, -0.1) is 5.10 Å². The van der Waals surface area contributed by atoms with Crippen LogP contribution in [0.3, 0.4) is 0 Å². The van der Waals surface area contributed by atoms with Crippen molar-refractivity contribution in [1.29, 1.82) is 0 Å². The van der Waals surface area contributed by atoms with E-state index in [1.54, 1.807) is 10.6 Å². The fourth-order valence-electron chi connectivity index (χ4n) is 1.62. The van der Waals surface area contributed by atoms with Gasteiger partial charge in [-0.2, -0.15) is 0 Å². The first-order chi connectivity index (χ1) is 9.11. The zero-order chi connectivity index (χ0) is 13.8. The Morgan fingerprint density at radius 3 is 3.00 bits per heavy atom. The van der Waals surface area contributed by atoms with Crippen LogP contribution >= 0.6 is 23.4 Å². The van der Waals surface area contributed by atoms with Crippen LogP contribution in [0.4, 0.5) is 4.39 Å². The van der Waals surface area contributed by atoms with Gasteiger partial charge < -0.3 is 0 Å². The molecule has 4 nitrogen and oxygen atoms in total. The van der Waals surface area contributed by atoms with E-state index >= 15 is 0 Å². The van der Waals surface area contributed by atoms with Crippen molar-refractivity contribution in [2.45, 2.75) is 30.8 Å². The molecule has 0 aliphatic rings. The highest BCUT2D eigenvalue weighted by atomic mass is 35.5. The topological polar surface area (TPSA) is 50.7 Å². The number of nitrogens with zero attached hydrogens (tertiary/aromatic N) is 2. The molecule has 0 radical (unpaired) electrons. The number of aromatic nitrogens is 3. The van der Waals surface area contributed by atoms with Gasteiger partial charge in [0.05, 0.1) is 0 Å². The van der Waals surface area contributed by atoms with Gasteiger partial charge in [0, 0.05) is 17.3 Å². The molecule has 7 heteroatoms. The number of rotatable bonds is 5. The van der Waals surface area contributed by atoms with E-state index in [1.165, 1.54) is 23.9 Å². The molecule has 0 aliphatic heterocycles. The molecular weight excluding hydrogens is 289 g/mol. The average Bonchev–Trinajstić information content (AvgIpc) is 2.71. The number of H-pyrrole nitrogens is 1. The number of benzene rings is 1. The third-order valence-electron chi connectivity index (χ3n) is 2.54. The molecule has 0 amide bonds. The maximum absolute atomic E-state index is 12.9. The van der Waals surface area contributed by atoms with Gasteiger partial charge in [-0.25, -0.2) is 14.3 Å². The molecule has 2 rings (SSSR count). The molecule has 0 aliphatic carbocycles. The molecule has 1 N–H and O–H groups in total. The highest BCUT2D eigenvalue weighted by molar-refractivity contribution is 7.98. The van der Waals surface area contributed by atoms with E-state index in [0.29, 0.717) is 22.5 Å². The number of hydrogen-bond donors (Lipinski definition) is 1. The van der Waals surface area contributed by atoms with Gasteiger partial charge in [0.25, 0.3) is 0 Å². The van der Waals surface area contributed by atoms with E-state index in [9.17, 15) is 9.18 Å². The van der Waals surface area contributed by atoms with Crippen LogP contribution in [0.25, 0.3) is 0 Å². The van der Waals surface area contributed by atoms with Gasteiger partial charge in [0.15, 0.2) is 5.16 Å². The Morgan fingerprint density at radius 1 is 1.53 bits per heavy atom. The summed E-state index contributed by atoms with van der Waals surface area (Å²) in [5.74, 6) is 0.175. The summed E-state index contributed by atoms with van der Waals surface area (Å²) in [5, 5.41) is 7.39. The van der Waals surface area contributed by atoms with Crippen molar-refractivity contribution in [3.63, 3.8) is 0 Å². The summed E-state index contributed by atoms with van der Waals surface area (Å²) in [5.41, 5.74) is 0.598. The number of aromatic amines is 1. The average molecular weight is 302 g/mol. The lowest BCUT2D eigenvalue weighted by molar-refractivity contribution is 0.604. The predicted octanol–water partition coefficient (Wildman–Crippen LogP) is 3.07. The minimum atomic E-state index is -0.360. The summed E-state index contributed by atoms with van der Waals surface area (Å²) in [7, 11) is 0. The Hall–Kier alpha value is -1.27. The van der Waals surface area contributed by atoms with Crippen molar-refractivity contribution in [2.75, 3.05) is 0 Å². The second-order valence-electron chi connectivity index (χ2n) is 3.99. The molecule has 0 bridgehead atoms. The Labute approximate surface area is 119 Å². The minimum Gasteiger partial charge on any atom is -0.270 e. The zero-order valence-electron chi connectivity index (χ0n) is 10.3. The number of thioether (sulfide) groups is 1. The van der Waals surface area contributed by atoms with Gasteiger partial charge in [0.1, 0.15) is 5.82 Å². The smallest absolute Gasteiger partial charge is 0.270 e. The van der Waals surface area contributed by atoms with Crippen molar-refractivity contribution in [3.05, 3.63) is 45.1 Å². The third-order valence-corrected chi connectivity index (χ3v) is 3.92. The summed E-state index contributed by atoms with van der Waals surface area (Å²) in [6.07, 6.45) is 0.851. The Kier molecular flexibility index (Phi) is 4.66. The highest BCUT2D eigenvalue weighted by Gasteiger charge is 2.09. The maximum Gasteiger partial charge on any atom is 0.343 e. The second-order valence-corrected chi connectivity index (χ2v) is 5.34. The molecule has 2 aromatic rings. The largest absolute Gasteiger partial charge is 0.343 e. The van der Waals surface area contributed by atoms with E-state index in [0.717, 1.165) is 12.0 Å². The number of hydrogen-bond acceptors (Lipinski definition) is 3. The molecule has 0 unspecified atom stereocenters. The van der Waals surface area contributed by atoms with E-state index in [1.807, 2.05) is 6.92 Å². The van der Waals surface area contributed by atoms with Crippen LogP contribution in [-0.4, -0.2) is 14.8 Å². The quantitative estimate of drug-likeness (QED) is 0.864. The molecular formula is C12H13ClFN3OS. The van der Waals surface area contributed by atoms with E-state index in [4.69, 9.17) is 11.6 Å². The Balaban J connectivity index is 2.12. The predicted molar refractivity (Wildman–Crippen MR) is 74.1 cm³/mol. The summed E-state index contributed by atoms with van der Waals surface area (Å²) in [6, 6.07) is 4.28. The number of nitrogens with one attached hydrogen (secondary N) is 1. The van der Waals surface area contributed by atoms with Gasteiger partial charge in [-0.05, 0) is 24.1 Å². The van der Waals surface area contributed by atoms with Crippen LogP contribution in [0.1, 0.15) is 18.9 Å². The Morgan fingerprint density at radius 2 is 2.32 bits per heavy atom. The normalized spacial score (nSPS) is 10.9. The second kappa shape index (κ2) is 6.25.